The predicted molar refractivity (Wildman–Crippen MR) is 164 cm³/mol. The summed E-state index contributed by atoms with van der Waals surface area (Å²) in [5, 5.41) is 15.2. The molecule has 1 aromatic heterocycles. The summed E-state index contributed by atoms with van der Waals surface area (Å²) in [6, 6.07) is 12.7. The molecule has 0 radical (unpaired) electrons. The Morgan fingerprint density at radius 1 is 1.02 bits per heavy atom. The Balaban J connectivity index is 1.40. The molecule has 0 unspecified atom stereocenters. The van der Waals surface area contributed by atoms with Crippen LogP contribution in [0.3, 0.4) is 0 Å². The summed E-state index contributed by atoms with van der Waals surface area (Å²) >= 11 is 0. The number of aliphatic carboxylic acids is 1. The normalized spacial score (nSPS) is 13.7. The van der Waals surface area contributed by atoms with E-state index in [2.05, 4.69) is 10.6 Å². The first-order valence-corrected chi connectivity index (χ1v) is 14.3. The van der Waals surface area contributed by atoms with Gasteiger partial charge < -0.3 is 25.0 Å². The summed E-state index contributed by atoms with van der Waals surface area (Å²) < 4.78 is 38.4. The highest BCUT2D eigenvalue weighted by Crippen LogP contribution is 2.37. The van der Waals surface area contributed by atoms with E-state index >= 15 is 8.78 Å². The predicted octanol–water partition coefficient (Wildman–Crippen LogP) is 3.95. The van der Waals surface area contributed by atoms with Gasteiger partial charge in [0, 0.05) is 44.0 Å². The quantitative estimate of drug-likeness (QED) is 0.259. The summed E-state index contributed by atoms with van der Waals surface area (Å²) in [5.74, 6) is -4.52. The molecule has 0 aliphatic carbocycles. The third kappa shape index (κ3) is 6.35. The number of carbonyl (C=O) groups is 2. The van der Waals surface area contributed by atoms with E-state index in [4.69, 9.17) is 4.74 Å². The van der Waals surface area contributed by atoms with E-state index in [0.29, 0.717) is 41.9 Å². The summed E-state index contributed by atoms with van der Waals surface area (Å²) in [6.45, 7) is 2.18. The Morgan fingerprint density at radius 2 is 1.71 bits per heavy atom. The molecule has 2 atom stereocenters. The molecule has 5 rings (SSSR count). The van der Waals surface area contributed by atoms with Crippen LogP contribution < -0.4 is 26.6 Å². The van der Waals surface area contributed by atoms with Crippen molar-refractivity contribution < 1.29 is 28.2 Å². The van der Waals surface area contributed by atoms with Crippen molar-refractivity contribution in [2.24, 2.45) is 14.1 Å². The summed E-state index contributed by atoms with van der Waals surface area (Å²) in [7, 11) is 2.89. The SMILES string of the molecule is C[C@H](Nc1cc(F)c(C(=O)N[C@@H](Cc2ccc(-c3cn(C)c(=O)n(C)c3=O)c3c2CCCO3)C(=O)O)c(F)c1)c1ccccc1. The summed E-state index contributed by atoms with van der Waals surface area (Å²) in [4.78, 5) is 50.4. The lowest BCUT2D eigenvalue weighted by molar-refractivity contribution is -0.139. The monoisotopic (exact) mass is 618 g/mol. The van der Waals surface area contributed by atoms with E-state index in [1.807, 2.05) is 37.3 Å². The van der Waals surface area contributed by atoms with E-state index < -0.39 is 46.4 Å². The van der Waals surface area contributed by atoms with Crippen LogP contribution >= 0.6 is 0 Å². The number of aromatic nitrogens is 2. The zero-order valence-electron chi connectivity index (χ0n) is 24.9. The molecule has 1 aliphatic heterocycles. The van der Waals surface area contributed by atoms with Gasteiger partial charge in [-0.15, -0.1) is 0 Å². The number of carbonyl (C=O) groups excluding carboxylic acids is 1. The van der Waals surface area contributed by atoms with Gasteiger partial charge in [-0.3, -0.25) is 14.2 Å². The topological polar surface area (TPSA) is 132 Å². The average molecular weight is 619 g/mol. The maximum absolute atomic E-state index is 15.1. The molecule has 234 valence electrons. The van der Waals surface area contributed by atoms with Crippen LogP contribution in [0.4, 0.5) is 14.5 Å². The van der Waals surface area contributed by atoms with E-state index in [1.165, 1.54) is 24.9 Å². The molecule has 1 aliphatic rings. The van der Waals surface area contributed by atoms with Crippen molar-refractivity contribution in [1.29, 1.82) is 0 Å². The number of aryl methyl sites for hydroxylation is 1. The number of rotatable bonds is 9. The zero-order chi connectivity index (χ0) is 32.4. The van der Waals surface area contributed by atoms with Crippen molar-refractivity contribution in [2.45, 2.75) is 38.3 Å². The minimum atomic E-state index is -1.53. The Morgan fingerprint density at radius 3 is 2.38 bits per heavy atom. The minimum absolute atomic E-state index is 0.118. The number of ether oxygens (including phenoxy) is 1. The molecule has 0 spiro atoms. The minimum Gasteiger partial charge on any atom is -0.493 e. The van der Waals surface area contributed by atoms with Crippen molar-refractivity contribution in [2.75, 3.05) is 11.9 Å². The molecule has 0 saturated heterocycles. The molecule has 0 bridgehead atoms. The van der Waals surface area contributed by atoms with Crippen molar-refractivity contribution in [3.05, 3.63) is 116 Å². The van der Waals surface area contributed by atoms with E-state index in [9.17, 15) is 24.3 Å². The fourth-order valence-electron chi connectivity index (χ4n) is 5.53. The Kier molecular flexibility index (Phi) is 8.84. The van der Waals surface area contributed by atoms with E-state index in [-0.39, 0.29) is 23.7 Å². The second-order valence-corrected chi connectivity index (χ2v) is 11.0. The van der Waals surface area contributed by atoms with Gasteiger partial charge in [0.25, 0.3) is 11.5 Å². The molecule has 1 amide bonds. The van der Waals surface area contributed by atoms with Gasteiger partial charge in [0.05, 0.1) is 12.2 Å². The van der Waals surface area contributed by atoms with Crippen LogP contribution in [0, 0.1) is 11.6 Å². The molecule has 0 fully saturated rings. The van der Waals surface area contributed by atoms with Crippen molar-refractivity contribution >= 4 is 17.6 Å². The van der Waals surface area contributed by atoms with Crippen LogP contribution in [0.25, 0.3) is 11.1 Å². The van der Waals surface area contributed by atoms with Gasteiger partial charge in [0.2, 0.25) is 0 Å². The molecule has 45 heavy (non-hydrogen) atoms. The maximum Gasteiger partial charge on any atom is 0.330 e. The third-order valence-corrected chi connectivity index (χ3v) is 7.89. The van der Waals surface area contributed by atoms with Crippen LogP contribution in [0.1, 0.15) is 46.4 Å². The number of hydrogen-bond acceptors (Lipinski definition) is 6. The van der Waals surface area contributed by atoms with Gasteiger partial charge >= 0.3 is 11.7 Å². The summed E-state index contributed by atoms with van der Waals surface area (Å²) in [5.41, 5.74) is 0.955. The highest BCUT2D eigenvalue weighted by Gasteiger charge is 2.29. The fourth-order valence-corrected chi connectivity index (χ4v) is 5.53. The lowest BCUT2D eigenvalue weighted by Crippen LogP contribution is -2.43. The first kappa shape index (κ1) is 31.2. The molecule has 3 aromatic carbocycles. The van der Waals surface area contributed by atoms with Crippen LogP contribution in [0.2, 0.25) is 0 Å². The second kappa shape index (κ2) is 12.8. The second-order valence-electron chi connectivity index (χ2n) is 11.0. The molecule has 4 aromatic rings. The highest BCUT2D eigenvalue weighted by molar-refractivity contribution is 5.97. The molecule has 10 nitrogen and oxygen atoms in total. The smallest absolute Gasteiger partial charge is 0.330 e. The number of hydrogen-bond donors (Lipinski definition) is 3. The van der Waals surface area contributed by atoms with Gasteiger partial charge in [0.1, 0.15) is 29.0 Å². The first-order chi connectivity index (χ1) is 21.5. The molecule has 2 heterocycles. The van der Waals surface area contributed by atoms with Gasteiger partial charge in [-0.25, -0.2) is 18.4 Å². The van der Waals surface area contributed by atoms with Crippen molar-refractivity contribution in [3.63, 3.8) is 0 Å². The highest BCUT2D eigenvalue weighted by atomic mass is 19.1. The van der Waals surface area contributed by atoms with E-state index in [0.717, 1.165) is 22.3 Å². The number of nitrogens with zero attached hydrogens (tertiary/aromatic N) is 2. The molecular formula is C33H32F2N4O6. The van der Waals surface area contributed by atoms with E-state index in [1.54, 1.807) is 12.1 Å². The molecule has 3 N–H and O–H groups in total. The largest absolute Gasteiger partial charge is 0.493 e. The van der Waals surface area contributed by atoms with Gasteiger partial charge in [0.15, 0.2) is 0 Å². The first-order valence-electron chi connectivity index (χ1n) is 14.3. The zero-order valence-corrected chi connectivity index (χ0v) is 24.9. The lowest BCUT2D eigenvalue weighted by Gasteiger charge is -2.25. The number of carboxylic acids is 1. The Hall–Kier alpha value is -5.26. The van der Waals surface area contributed by atoms with Crippen LogP contribution in [0.5, 0.6) is 5.75 Å². The molecule has 12 heteroatoms. The Labute approximate surface area is 256 Å². The van der Waals surface area contributed by atoms with Gasteiger partial charge in [-0.2, -0.15) is 0 Å². The lowest BCUT2D eigenvalue weighted by atomic mass is 9.91. The van der Waals surface area contributed by atoms with Crippen molar-refractivity contribution in [1.82, 2.24) is 14.5 Å². The number of halogens is 2. The number of carboxylic acid groups (broad SMARTS) is 1. The number of nitrogens with one attached hydrogen (secondary N) is 2. The third-order valence-electron chi connectivity index (χ3n) is 7.89. The maximum atomic E-state index is 15.1. The number of benzene rings is 3. The summed E-state index contributed by atoms with van der Waals surface area (Å²) in [6.07, 6.45) is 2.34. The van der Waals surface area contributed by atoms with Crippen LogP contribution in [0.15, 0.2) is 70.4 Å². The Bertz CT molecular complexity index is 1880. The average Bonchev–Trinajstić information content (AvgIpc) is 3.01. The van der Waals surface area contributed by atoms with Crippen LogP contribution in [-0.4, -0.2) is 38.8 Å². The van der Waals surface area contributed by atoms with Crippen LogP contribution in [-0.2, 0) is 31.7 Å². The molecule has 0 saturated carbocycles. The fraction of sp³-hybridized carbons (Fsp3) is 0.273. The van der Waals surface area contributed by atoms with Gasteiger partial charge in [-0.05, 0) is 48.6 Å². The van der Waals surface area contributed by atoms with Crippen molar-refractivity contribution in [3.8, 4) is 16.9 Å². The van der Waals surface area contributed by atoms with Gasteiger partial charge in [-0.1, -0.05) is 42.5 Å². The number of anilines is 1. The molecular weight excluding hydrogens is 586 g/mol. The number of amides is 1. The number of fused-ring (bicyclic) bond motifs is 1. The standard InChI is InChI=1S/C33H32F2N4O6/c1-18(19-8-5-4-6-9-19)36-21-15-25(34)28(26(35)16-21)30(40)37-27(32(42)43)14-20-11-12-23(29-22(20)10-7-13-45-29)24-17-38(2)33(44)39(3)31(24)41/h4-6,8-9,11-12,15-18,27,36H,7,10,13-14H2,1-3H3,(H,37,40)(H,42,43)/t18-,27-/m0/s1.